The number of halogens is 1. The Hall–Kier alpha value is -4.47. The number of benzene rings is 3. The summed E-state index contributed by atoms with van der Waals surface area (Å²) in [6, 6.07) is 17.3. The molecule has 9 nitrogen and oxygen atoms in total. The molecular formula is C29H30FN5O4. The van der Waals surface area contributed by atoms with E-state index in [9.17, 15) is 14.0 Å². The molecule has 1 aliphatic heterocycles. The first-order valence-electron chi connectivity index (χ1n) is 12.8. The molecule has 0 aliphatic carbocycles. The molecule has 2 heterocycles. The van der Waals surface area contributed by atoms with Crippen LogP contribution in [0.25, 0.3) is 11.0 Å². The Morgan fingerprint density at radius 1 is 1.08 bits per heavy atom. The first-order valence-corrected chi connectivity index (χ1v) is 12.8. The van der Waals surface area contributed by atoms with Crippen LogP contribution in [0, 0.1) is 5.82 Å². The maximum absolute atomic E-state index is 14.0. The summed E-state index contributed by atoms with van der Waals surface area (Å²) in [5.74, 6) is 0.0166. The number of aromatic nitrogens is 3. The Morgan fingerprint density at radius 3 is 2.59 bits per heavy atom. The zero-order valence-corrected chi connectivity index (χ0v) is 22.1. The highest BCUT2D eigenvalue weighted by molar-refractivity contribution is 5.89. The lowest BCUT2D eigenvalue weighted by Crippen LogP contribution is -2.50. The molecule has 4 aromatic rings. The number of carbonyl (C=O) groups excluding carboxylic acids is 2. The van der Waals surface area contributed by atoms with Crippen LogP contribution < -0.4 is 14.8 Å². The van der Waals surface area contributed by atoms with Crippen molar-refractivity contribution >= 4 is 22.8 Å². The van der Waals surface area contributed by atoms with Crippen molar-refractivity contribution in [2.24, 2.45) is 0 Å². The highest BCUT2D eigenvalue weighted by Crippen LogP contribution is 2.34. The lowest BCUT2D eigenvalue weighted by Gasteiger charge is -2.34. The molecule has 0 unspecified atom stereocenters. The fourth-order valence-electron chi connectivity index (χ4n) is 4.42. The quantitative estimate of drug-likeness (QED) is 0.344. The molecule has 0 bridgehead atoms. The second kappa shape index (κ2) is 10.7. The van der Waals surface area contributed by atoms with Crippen LogP contribution in [0.15, 0.2) is 66.7 Å². The smallest absolute Gasteiger partial charge is 0.247 e. The van der Waals surface area contributed by atoms with Gasteiger partial charge in [0.15, 0.2) is 11.5 Å². The van der Waals surface area contributed by atoms with Crippen LogP contribution in [-0.4, -0.2) is 44.0 Å². The van der Waals surface area contributed by atoms with Gasteiger partial charge < -0.3 is 19.7 Å². The standard InChI is InChI=1S/C29H30FN5O4/c1-4-29(2,3)31-28(37)27(20-10-12-21(30)13-11-20)34(16-19-9-14-24-25(15-19)39-18-38-24)26(36)17-35-23-8-6-5-7-22(23)32-33-35/h5-15,27H,4,16-18H2,1-3H3,(H,31,37)/t27-/m1/s1. The van der Waals surface area contributed by atoms with Gasteiger partial charge in [0.25, 0.3) is 0 Å². The Labute approximate surface area is 225 Å². The summed E-state index contributed by atoms with van der Waals surface area (Å²) in [5.41, 5.74) is 2.06. The van der Waals surface area contributed by atoms with E-state index in [0.717, 1.165) is 5.56 Å². The van der Waals surface area contributed by atoms with E-state index < -0.39 is 17.4 Å². The van der Waals surface area contributed by atoms with E-state index in [0.29, 0.717) is 34.5 Å². The fourth-order valence-corrected chi connectivity index (χ4v) is 4.42. The predicted octanol–water partition coefficient (Wildman–Crippen LogP) is 4.37. The number of hydrogen-bond acceptors (Lipinski definition) is 6. The number of nitrogens with zero attached hydrogens (tertiary/aromatic N) is 4. The third kappa shape index (κ3) is 5.69. The largest absolute Gasteiger partial charge is 0.454 e. The number of nitrogens with one attached hydrogen (secondary N) is 1. The van der Waals surface area contributed by atoms with E-state index in [1.54, 1.807) is 12.1 Å². The number of ether oxygens (including phenoxy) is 2. The average molecular weight is 532 g/mol. The molecule has 3 aromatic carbocycles. The molecule has 1 N–H and O–H groups in total. The number of rotatable bonds is 9. The van der Waals surface area contributed by atoms with Crippen molar-refractivity contribution in [1.29, 1.82) is 0 Å². The highest BCUT2D eigenvalue weighted by atomic mass is 19.1. The molecule has 1 aromatic heterocycles. The fraction of sp³-hybridized carbons (Fsp3) is 0.310. The van der Waals surface area contributed by atoms with Crippen LogP contribution in [0.2, 0.25) is 0 Å². The van der Waals surface area contributed by atoms with Crippen molar-refractivity contribution in [3.63, 3.8) is 0 Å². The third-order valence-electron chi connectivity index (χ3n) is 6.91. The number of hydrogen-bond donors (Lipinski definition) is 1. The van der Waals surface area contributed by atoms with Gasteiger partial charge in [-0.05, 0) is 67.8 Å². The van der Waals surface area contributed by atoms with Crippen LogP contribution in [-0.2, 0) is 22.7 Å². The molecule has 0 saturated carbocycles. The number of amides is 2. The third-order valence-corrected chi connectivity index (χ3v) is 6.91. The van der Waals surface area contributed by atoms with Crippen molar-refractivity contribution < 1.29 is 23.5 Å². The van der Waals surface area contributed by atoms with Crippen LogP contribution in [0.4, 0.5) is 4.39 Å². The molecule has 39 heavy (non-hydrogen) atoms. The first kappa shape index (κ1) is 26.1. The molecule has 1 atom stereocenters. The van der Waals surface area contributed by atoms with Gasteiger partial charge in [0, 0.05) is 12.1 Å². The topological polar surface area (TPSA) is 98.6 Å². The Balaban J connectivity index is 1.55. The van der Waals surface area contributed by atoms with Crippen molar-refractivity contribution in [3.05, 3.63) is 83.7 Å². The summed E-state index contributed by atoms with van der Waals surface area (Å²) in [6.45, 7) is 5.86. The molecule has 2 amide bonds. The Bertz CT molecular complexity index is 1500. The zero-order valence-electron chi connectivity index (χ0n) is 22.1. The molecule has 202 valence electrons. The summed E-state index contributed by atoms with van der Waals surface area (Å²) < 4.78 is 26.4. The molecule has 0 spiro atoms. The van der Waals surface area contributed by atoms with Gasteiger partial charge in [0.1, 0.15) is 23.9 Å². The predicted molar refractivity (Wildman–Crippen MR) is 142 cm³/mol. The average Bonchev–Trinajstić information content (AvgIpc) is 3.56. The minimum atomic E-state index is -1.04. The van der Waals surface area contributed by atoms with E-state index in [-0.39, 0.29) is 31.7 Å². The molecule has 10 heteroatoms. The summed E-state index contributed by atoms with van der Waals surface area (Å²) in [7, 11) is 0. The van der Waals surface area contributed by atoms with Crippen LogP contribution in [0.1, 0.15) is 44.4 Å². The van der Waals surface area contributed by atoms with Gasteiger partial charge in [-0.15, -0.1) is 5.10 Å². The van der Waals surface area contributed by atoms with Gasteiger partial charge >= 0.3 is 0 Å². The van der Waals surface area contributed by atoms with E-state index in [4.69, 9.17) is 9.47 Å². The van der Waals surface area contributed by atoms with Gasteiger partial charge in [0.05, 0.1) is 5.52 Å². The van der Waals surface area contributed by atoms with Gasteiger partial charge in [-0.1, -0.05) is 42.5 Å². The second-order valence-corrected chi connectivity index (χ2v) is 10.1. The van der Waals surface area contributed by atoms with E-state index in [1.165, 1.54) is 33.8 Å². The number of fused-ring (bicyclic) bond motifs is 2. The van der Waals surface area contributed by atoms with Crippen molar-refractivity contribution in [2.45, 2.75) is 51.9 Å². The maximum Gasteiger partial charge on any atom is 0.247 e. The van der Waals surface area contributed by atoms with Gasteiger partial charge in [0.2, 0.25) is 18.6 Å². The van der Waals surface area contributed by atoms with Crippen molar-refractivity contribution in [1.82, 2.24) is 25.2 Å². The number of para-hydroxylation sites is 1. The van der Waals surface area contributed by atoms with Crippen molar-refractivity contribution in [2.75, 3.05) is 6.79 Å². The van der Waals surface area contributed by atoms with Crippen LogP contribution in [0.5, 0.6) is 11.5 Å². The molecule has 0 radical (unpaired) electrons. The minimum Gasteiger partial charge on any atom is -0.454 e. The Morgan fingerprint density at radius 2 is 1.82 bits per heavy atom. The summed E-state index contributed by atoms with van der Waals surface area (Å²) in [4.78, 5) is 29.4. The highest BCUT2D eigenvalue weighted by Gasteiger charge is 2.34. The minimum absolute atomic E-state index is 0.0874. The SMILES string of the molecule is CCC(C)(C)NC(=O)[C@@H](c1ccc(F)cc1)N(Cc1ccc2c(c1)OCO2)C(=O)Cn1nnc2ccccc21. The Kier molecular flexibility index (Phi) is 7.19. The lowest BCUT2D eigenvalue weighted by molar-refractivity contribution is -0.143. The molecule has 0 fully saturated rings. The zero-order chi connectivity index (χ0) is 27.6. The molecule has 1 aliphatic rings. The van der Waals surface area contributed by atoms with Crippen LogP contribution in [0.3, 0.4) is 0 Å². The first-order chi connectivity index (χ1) is 18.7. The second-order valence-electron chi connectivity index (χ2n) is 10.1. The number of carbonyl (C=O) groups is 2. The molecule has 0 saturated heterocycles. The lowest BCUT2D eigenvalue weighted by atomic mass is 9.98. The van der Waals surface area contributed by atoms with Crippen molar-refractivity contribution in [3.8, 4) is 11.5 Å². The molecule has 5 rings (SSSR count). The normalized spacial score (nSPS) is 13.3. The van der Waals surface area contributed by atoms with E-state index in [2.05, 4.69) is 15.6 Å². The molecular weight excluding hydrogens is 501 g/mol. The summed E-state index contributed by atoms with van der Waals surface area (Å²) >= 11 is 0. The van der Waals surface area contributed by atoms with Crippen LogP contribution >= 0.6 is 0 Å². The summed E-state index contributed by atoms with van der Waals surface area (Å²) in [6.07, 6.45) is 0.677. The monoisotopic (exact) mass is 531 g/mol. The van der Waals surface area contributed by atoms with E-state index >= 15 is 0 Å². The maximum atomic E-state index is 14.0. The van der Waals surface area contributed by atoms with E-state index in [1.807, 2.05) is 51.1 Å². The van der Waals surface area contributed by atoms with Gasteiger partial charge in [-0.3, -0.25) is 9.59 Å². The van der Waals surface area contributed by atoms with Gasteiger partial charge in [-0.25, -0.2) is 9.07 Å². The van der Waals surface area contributed by atoms with Gasteiger partial charge in [-0.2, -0.15) is 0 Å². The summed E-state index contributed by atoms with van der Waals surface area (Å²) in [5, 5.41) is 11.4.